The number of benzene rings is 2. The number of hydrogen-bond donors (Lipinski definition) is 2. The fourth-order valence-electron chi connectivity index (χ4n) is 4.12. The average Bonchev–Trinajstić information content (AvgIpc) is 2.99. The largest absolute Gasteiger partial charge is 0.478 e. The molecule has 152 valence electrons. The Hall–Kier alpha value is -3.74. The summed E-state index contributed by atoms with van der Waals surface area (Å²) in [6, 6.07) is 12.2. The number of anilines is 2. The van der Waals surface area contributed by atoms with Crippen LogP contribution in [0.2, 0.25) is 0 Å². The van der Waals surface area contributed by atoms with E-state index < -0.39 is 11.9 Å². The molecule has 3 amide bonds. The first-order chi connectivity index (χ1) is 14.4. The standard InChI is InChI=1S/C23H20N2O5/c1-13-5-2-10-18-19(13)22(28)25(21(18)27)17-9-4-6-14(12-17)20(26)24-16-8-3-7-15(11-16)23(29)30/h2-9,11-13,18-19H,10H2,1H3,(H,24,26)(H,29,30)/t13-,18-,19+/m1/s1. The predicted molar refractivity (Wildman–Crippen MR) is 110 cm³/mol. The normalized spacial score (nSPS) is 22.7. The van der Waals surface area contributed by atoms with E-state index >= 15 is 0 Å². The molecule has 1 aliphatic carbocycles. The summed E-state index contributed by atoms with van der Waals surface area (Å²) in [7, 11) is 0. The number of nitrogens with one attached hydrogen (secondary N) is 1. The molecule has 0 bridgehead atoms. The van der Waals surface area contributed by atoms with Gasteiger partial charge < -0.3 is 10.4 Å². The Morgan fingerprint density at radius 3 is 2.50 bits per heavy atom. The Balaban J connectivity index is 1.58. The van der Waals surface area contributed by atoms with Crippen molar-refractivity contribution in [3.05, 3.63) is 71.8 Å². The van der Waals surface area contributed by atoms with Gasteiger partial charge in [-0.2, -0.15) is 0 Å². The second kappa shape index (κ2) is 7.59. The van der Waals surface area contributed by atoms with Crippen molar-refractivity contribution in [2.75, 3.05) is 10.2 Å². The number of hydrogen-bond acceptors (Lipinski definition) is 4. The molecule has 2 N–H and O–H groups in total. The van der Waals surface area contributed by atoms with Crippen molar-refractivity contribution < 1.29 is 24.3 Å². The first-order valence-corrected chi connectivity index (χ1v) is 9.66. The molecule has 30 heavy (non-hydrogen) atoms. The molecule has 1 aliphatic heterocycles. The monoisotopic (exact) mass is 404 g/mol. The molecular formula is C23H20N2O5. The lowest BCUT2D eigenvalue weighted by molar-refractivity contribution is -0.122. The summed E-state index contributed by atoms with van der Waals surface area (Å²) in [5.41, 5.74) is 1.01. The van der Waals surface area contributed by atoms with E-state index in [0.717, 1.165) is 0 Å². The number of fused-ring (bicyclic) bond motifs is 1. The second-order valence-electron chi connectivity index (χ2n) is 7.56. The van der Waals surface area contributed by atoms with Crippen molar-refractivity contribution in [2.45, 2.75) is 13.3 Å². The summed E-state index contributed by atoms with van der Waals surface area (Å²) in [6.07, 6.45) is 4.44. The molecular weight excluding hydrogens is 384 g/mol. The molecule has 2 aromatic rings. The number of rotatable bonds is 4. The van der Waals surface area contributed by atoms with E-state index in [4.69, 9.17) is 5.11 Å². The van der Waals surface area contributed by atoms with Crippen LogP contribution in [-0.4, -0.2) is 28.8 Å². The number of imide groups is 1. The van der Waals surface area contributed by atoms with Crippen LogP contribution in [0.1, 0.15) is 34.1 Å². The van der Waals surface area contributed by atoms with Crippen LogP contribution >= 0.6 is 0 Å². The van der Waals surface area contributed by atoms with Gasteiger partial charge in [-0.25, -0.2) is 4.79 Å². The molecule has 7 nitrogen and oxygen atoms in total. The van der Waals surface area contributed by atoms with E-state index in [2.05, 4.69) is 5.32 Å². The summed E-state index contributed by atoms with van der Waals surface area (Å²) >= 11 is 0. The molecule has 4 rings (SSSR count). The molecule has 2 aromatic carbocycles. The van der Waals surface area contributed by atoms with Gasteiger partial charge in [-0.3, -0.25) is 19.3 Å². The number of carboxylic acids is 1. The Kier molecular flexibility index (Phi) is 4.95. The van der Waals surface area contributed by atoms with Crippen LogP contribution in [0.3, 0.4) is 0 Å². The van der Waals surface area contributed by atoms with Crippen LogP contribution in [0.4, 0.5) is 11.4 Å². The predicted octanol–water partition coefficient (Wildman–Crippen LogP) is 3.34. The molecule has 0 saturated carbocycles. The number of aromatic carboxylic acids is 1. The lowest BCUT2D eigenvalue weighted by Gasteiger charge is -2.22. The summed E-state index contributed by atoms with van der Waals surface area (Å²) in [6.45, 7) is 1.93. The molecule has 0 aromatic heterocycles. The lowest BCUT2D eigenvalue weighted by atomic mass is 9.78. The van der Waals surface area contributed by atoms with Gasteiger partial charge in [-0.15, -0.1) is 0 Å². The van der Waals surface area contributed by atoms with Crippen molar-refractivity contribution in [2.24, 2.45) is 17.8 Å². The summed E-state index contributed by atoms with van der Waals surface area (Å²) in [5.74, 6) is -2.80. The first-order valence-electron chi connectivity index (χ1n) is 9.66. The van der Waals surface area contributed by atoms with Crippen LogP contribution < -0.4 is 10.2 Å². The minimum absolute atomic E-state index is 0.0156. The molecule has 0 radical (unpaired) electrons. The number of carbonyl (C=O) groups excluding carboxylic acids is 3. The third-order valence-corrected chi connectivity index (χ3v) is 5.61. The van der Waals surface area contributed by atoms with Crippen LogP contribution in [0, 0.1) is 17.8 Å². The Morgan fingerprint density at radius 2 is 1.77 bits per heavy atom. The third kappa shape index (κ3) is 3.39. The summed E-state index contributed by atoms with van der Waals surface area (Å²) in [5, 5.41) is 11.7. The first kappa shape index (κ1) is 19.6. The van der Waals surface area contributed by atoms with Crippen LogP contribution in [-0.2, 0) is 9.59 Å². The molecule has 2 aliphatic rings. The molecule has 7 heteroatoms. The van der Waals surface area contributed by atoms with E-state index in [1.165, 1.54) is 29.2 Å². The fourth-order valence-corrected chi connectivity index (χ4v) is 4.12. The van der Waals surface area contributed by atoms with E-state index in [1.54, 1.807) is 24.3 Å². The van der Waals surface area contributed by atoms with Crippen molar-refractivity contribution in [3.8, 4) is 0 Å². The zero-order valence-electron chi connectivity index (χ0n) is 16.2. The Morgan fingerprint density at radius 1 is 1.03 bits per heavy atom. The molecule has 0 spiro atoms. The van der Waals surface area contributed by atoms with Gasteiger partial charge in [0.25, 0.3) is 5.91 Å². The van der Waals surface area contributed by atoms with Crippen LogP contribution in [0.15, 0.2) is 60.7 Å². The van der Waals surface area contributed by atoms with Crippen molar-refractivity contribution in [3.63, 3.8) is 0 Å². The molecule has 1 fully saturated rings. The zero-order chi connectivity index (χ0) is 21.4. The van der Waals surface area contributed by atoms with Crippen molar-refractivity contribution in [1.29, 1.82) is 0 Å². The minimum Gasteiger partial charge on any atom is -0.478 e. The third-order valence-electron chi connectivity index (χ3n) is 5.61. The van der Waals surface area contributed by atoms with Gasteiger partial charge in [0.15, 0.2) is 0 Å². The minimum atomic E-state index is -1.09. The highest BCUT2D eigenvalue weighted by Crippen LogP contribution is 2.40. The van der Waals surface area contributed by atoms with E-state index in [1.807, 2.05) is 19.1 Å². The van der Waals surface area contributed by atoms with Gasteiger partial charge in [0.05, 0.1) is 23.1 Å². The van der Waals surface area contributed by atoms with Crippen LogP contribution in [0.25, 0.3) is 0 Å². The maximum Gasteiger partial charge on any atom is 0.335 e. The zero-order valence-corrected chi connectivity index (χ0v) is 16.2. The van der Waals surface area contributed by atoms with E-state index in [-0.39, 0.29) is 40.7 Å². The highest BCUT2D eigenvalue weighted by Gasteiger charge is 2.50. The highest BCUT2D eigenvalue weighted by atomic mass is 16.4. The van der Waals surface area contributed by atoms with Gasteiger partial charge in [0.1, 0.15) is 0 Å². The maximum atomic E-state index is 12.9. The number of amides is 3. The van der Waals surface area contributed by atoms with Gasteiger partial charge >= 0.3 is 5.97 Å². The maximum absolute atomic E-state index is 12.9. The van der Waals surface area contributed by atoms with Crippen LogP contribution in [0.5, 0.6) is 0 Å². The Bertz CT molecular complexity index is 1090. The average molecular weight is 404 g/mol. The SMILES string of the molecule is C[C@@H]1C=CC[C@H]2C(=O)N(c3cccc(C(=O)Nc4cccc(C(=O)O)c4)c3)C(=O)[C@@H]12. The smallest absolute Gasteiger partial charge is 0.335 e. The quantitative estimate of drug-likeness (QED) is 0.601. The second-order valence-corrected chi connectivity index (χ2v) is 7.56. The molecule has 3 atom stereocenters. The van der Waals surface area contributed by atoms with E-state index in [9.17, 15) is 19.2 Å². The topological polar surface area (TPSA) is 104 Å². The molecule has 0 unspecified atom stereocenters. The van der Waals surface area contributed by atoms with E-state index in [0.29, 0.717) is 17.8 Å². The summed E-state index contributed by atoms with van der Waals surface area (Å²) < 4.78 is 0. The van der Waals surface area contributed by atoms with Gasteiger partial charge in [0.2, 0.25) is 11.8 Å². The van der Waals surface area contributed by atoms with Gasteiger partial charge in [0, 0.05) is 11.3 Å². The highest BCUT2D eigenvalue weighted by molar-refractivity contribution is 6.22. The number of nitrogens with zero attached hydrogens (tertiary/aromatic N) is 1. The Labute approximate surface area is 173 Å². The number of carboxylic acid groups (broad SMARTS) is 1. The summed E-state index contributed by atoms with van der Waals surface area (Å²) in [4.78, 5) is 50.8. The number of allylic oxidation sites excluding steroid dienone is 2. The molecule has 1 heterocycles. The van der Waals surface area contributed by atoms with Crippen molar-refractivity contribution >= 4 is 35.1 Å². The van der Waals surface area contributed by atoms with Gasteiger partial charge in [-0.05, 0) is 48.7 Å². The number of carbonyl (C=O) groups is 4. The molecule has 1 saturated heterocycles. The van der Waals surface area contributed by atoms with Crippen molar-refractivity contribution in [1.82, 2.24) is 0 Å². The van der Waals surface area contributed by atoms with Gasteiger partial charge in [-0.1, -0.05) is 31.2 Å². The fraction of sp³-hybridized carbons (Fsp3) is 0.217. The lowest BCUT2D eigenvalue weighted by Crippen LogP contribution is -2.31.